The minimum atomic E-state index is -0.232. The molecule has 1 atom stereocenters. The number of thiophene rings is 1. The van der Waals surface area contributed by atoms with Crippen molar-refractivity contribution in [2.24, 2.45) is 0 Å². The van der Waals surface area contributed by atoms with E-state index in [0.29, 0.717) is 18.0 Å². The van der Waals surface area contributed by atoms with Crippen LogP contribution in [0.1, 0.15) is 26.9 Å². The van der Waals surface area contributed by atoms with E-state index in [-0.39, 0.29) is 25.2 Å². The fourth-order valence-corrected chi connectivity index (χ4v) is 5.35. The summed E-state index contributed by atoms with van der Waals surface area (Å²) < 4.78 is 6.18. The zero-order valence-corrected chi connectivity index (χ0v) is 18.3. The van der Waals surface area contributed by atoms with Gasteiger partial charge in [-0.15, -0.1) is 11.3 Å². The zero-order chi connectivity index (χ0) is 21.9. The van der Waals surface area contributed by atoms with Gasteiger partial charge in [-0.25, -0.2) is 4.98 Å². The maximum Gasteiger partial charge on any atom is 0.261 e. The molecular weight excluding hydrogens is 424 g/mol. The summed E-state index contributed by atoms with van der Waals surface area (Å²) in [7, 11) is 0. The Labute approximate surface area is 189 Å². The van der Waals surface area contributed by atoms with E-state index >= 15 is 0 Å². The summed E-state index contributed by atoms with van der Waals surface area (Å²) in [5, 5.41) is 14.0. The first-order chi connectivity index (χ1) is 15.7. The molecule has 1 fully saturated rings. The summed E-state index contributed by atoms with van der Waals surface area (Å²) >= 11 is 1.37. The van der Waals surface area contributed by atoms with Crippen LogP contribution in [0.25, 0.3) is 21.1 Å². The quantitative estimate of drug-likeness (QED) is 0.471. The highest BCUT2D eigenvalue weighted by Gasteiger charge is 2.30. The van der Waals surface area contributed by atoms with Crippen LogP contribution in [-0.2, 0) is 11.3 Å². The number of ether oxygens (including phenoxy) is 1. The molecule has 1 amide bonds. The van der Waals surface area contributed by atoms with Crippen molar-refractivity contribution in [3.05, 3.63) is 70.9 Å². The van der Waals surface area contributed by atoms with Gasteiger partial charge in [0.05, 0.1) is 24.8 Å². The number of benzene rings is 1. The van der Waals surface area contributed by atoms with Crippen molar-refractivity contribution in [2.75, 3.05) is 32.8 Å². The number of aromatic nitrogens is 2. The fraction of sp³-hybridized carbons (Fsp3) is 0.292. The molecule has 0 radical (unpaired) electrons. The van der Waals surface area contributed by atoms with Crippen molar-refractivity contribution in [3.8, 4) is 0 Å². The van der Waals surface area contributed by atoms with E-state index in [4.69, 9.17) is 9.84 Å². The molecule has 5 rings (SSSR count). The van der Waals surface area contributed by atoms with Crippen LogP contribution in [0.15, 0.2) is 54.9 Å². The predicted molar refractivity (Wildman–Crippen MR) is 125 cm³/mol. The number of aliphatic hydroxyl groups is 1. The molecule has 7 nitrogen and oxygen atoms in total. The first-order valence-corrected chi connectivity index (χ1v) is 11.5. The van der Waals surface area contributed by atoms with Gasteiger partial charge < -0.3 is 15.2 Å². The van der Waals surface area contributed by atoms with E-state index in [2.05, 4.69) is 32.3 Å². The number of amides is 1. The van der Waals surface area contributed by atoms with Gasteiger partial charge in [0.15, 0.2) is 0 Å². The molecule has 2 N–H and O–H groups in total. The molecule has 0 bridgehead atoms. The number of aliphatic hydroxyl groups excluding tert-OH is 1. The molecule has 1 saturated heterocycles. The predicted octanol–water partition coefficient (Wildman–Crippen LogP) is 3.14. The second-order valence-corrected chi connectivity index (χ2v) is 8.76. The maximum atomic E-state index is 12.8. The van der Waals surface area contributed by atoms with Crippen LogP contribution >= 0.6 is 11.3 Å². The van der Waals surface area contributed by atoms with Crippen molar-refractivity contribution < 1.29 is 14.6 Å². The molecule has 8 heteroatoms. The summed E-state index contributed by atoms with van der Waals surface area (Å²) in [5.41, 5.74) is 3.11. The van der Waals surface area contributed by atoms with Crippen LogP contribution in [-0.4, -0.2) is 58.7 Å². The average Bonchev–Trinajstić information content (AvgIpc) is 3.23. The third-order valence-electron chi connectivity index (χ3n) is 5.71. The summed E-state index contributed by atoms with van der Waals surface area (Å²) in [6.07, 6.45) is 3.36. The second-order valence-electron chi connectivity index (χ2n) is 7.76. The van der Waals surface area contributed by atoms with Gasteiger partial charge in [-0.2, -0.15) is 0 Å². The molecule has 1 aliphatic heterocycles. The van der Waals surface area contributed by atoms with Crippen LogP contribution in [0, 0.1) is 0 Å². The van der Waals surface area contributed by atoms with Gasteiger partial charge in [0.1, 0.15) is 9.71 Å². The lowest BCUT2D eigenvalue weighted by Gasteiger charge is -2.33. The van der Waals surface area contributed by atoms with Gasteiger partial charge in [0.25, 0.3) is 5.91 Å². The zero-order valence-electron chi connectivity index (χ0n) is 17.5. The van der Waals surface area contributed by atoms with Gasteiger partial charge in [0, 0.05) is 54.9 Å². The van der Waals surface area contributed by atoms with Crippen LogP contribution < -0.4 is 5.32 Å². The standard InChI is InChI=1S/C24H24N4O3S/c29-12-10-26-23(30)22-21(18-5-3-8-27-24(18)32-22)20-15-28(11-13-31-20)14-16-7-9-25-19-6-2-1-4-17(16)19/h1-9,20,29H,10-15H2,(H,26,30)/t20-/m0/s1. The lowest BCUT2D eigenvalue weighted by Crippen LogP contribution is -2.38. The summed E-state index contributed by atoms with van der Waals surface area (Å²) in [6, 6.07) is 14.1. The van der Waals surface area contributed by atoms with Crippen LogP contribution in [0.5, 0.6) is 0 Å². The Morgan fingerprint density at radius 3 is 2.94 bits per heavy atom. The monoisotopic (exact) mass is 448 g/mol. The Balaban J connectivity index is 1.44. The Hall–Kier alpha value is -2.91. The van der Waals surface area contributed by atoms with Crippen molar-refractivity contribution in [1.82, 2.24) is 20.2 Å². The minimum absolute atomic E-state index is 0.0994. The van der Waals surface area contributed by atoms with Crippen LogP contribution in [0.2, 0.25) is 0 Å². The number of pyridine rings is 2. The summed E-state index contributed by atoms with van der Waals surface area (Å²) in [5.74, 6) is -0.196. The highest BCUT2D eigenvalue weighted by Crippen LogP contribution is 2.37. The molecule has 3 aromatic heterocycles. The Kier molecular flexibility index (Phi) is 6.09. The van der Waals surface area contributed by atoms with E-state index in [1.165, 1.54) is 16.9 Å². The van der Waals surface area contributed by atoms with Gasteiger partial charge in [-0.05, 0) is 23.8 Å². The number of hydrogen-bond donors (Lipinski definition) is 2. The Bertz CT molecular complexity index is 1250. The molecule has 0 saturated carbocycles. The smallest absolute Gasteiger partial charge is 0.261 e. The molecule has 4 heterocycles. The number of rotatable bonds is 6. The molecule has 164 valence electrons. The van der Waals surface area contributed by atoms with Crippen molar-refractivity contribution in [3.63, 3.8) is 0 Å². The highest BCUT2D eigenvalue weighted by molar-refractivity contribution is 7.20. The number of fused-ring (bicyclic) bond motifs is 2. The van der Waals surface area contributed by atoms with E-state index < -0.39 is 0 Å². The number of para-hydroxylation sites is 1. The lowest BCUT2D eigenvalue weighted by molar-refractivity contribution is -0.0322. The van der Waals surface area contributed by atoms with Crippen molar-refractivity contribution >= 4 is 38.4 Å². The third-order valence-corrected chi connectivity index (χ3v) is 6.84. The van der Waals surface area contributed by atoms with E-state index in [0.717, 1.165) is 39.8 Å². The molecular formula is C24H24N4O3S. The van der Waals surface area contributed by atoms with E-state index in [1.807, 2.05) is 36.5 Å². The van der Waals surface area contributed by atoms with Crippen LogP contribution in [0.4, 0.5) is 0 Å². The molecule has 1 aromatic carbocycles. The molecule has 1 aliphatic rings. The largest absolute Gasteiger partial charge is 0.395 e. The Morgan fingerprint density at radius 1 is 1.16 bits per heavy atom. The highest BCUT2D eigenvalue weighted by atomic mass is 32.1. The normalized spacial score (nSPS) is 17.1. The second kappa shape index (κ2) is 9.30. The van der Waals surface area contributed by atoms with Crippen LogP contribution in [0.3, 0.4) is 0 Å². The molecule has 0 aliphatic carbocycles. The number of morpholine rings is 1. The van der Waals surface area contributed by atoms with Crippen molar-refractivity contribution in [1.29, 1.82) is 0 Å². The number of nitrogens with zero attached hydrogens (tertiary/aromatic N) is 3. The third kappa shape index (κ3) is 4.10. The van der Waals surface area contributed by atoms with Crippen molar-refractivity contribution in [2.45, 2.75) is 12.6 Å². The SMILES string of the molecule is O=C(NCCO)c1sc2ncccc2c1[C@@H]1CN(Cc2ccnc3ccccc23)CCO1. The van der Waals surface area contributed by atoms with Gasteiger partial charge in [-0.3, -0.25) is 14.7 Å². The fourth-order valence-electron chi connectivity index (χ4n) is 4.24. The number of hydrogen-bond acceptors (Lipinski definition) is 7. The molecule has 0 unspecified atom stereocenters. The molecule has 0 spiro atoms. The summed E-state index contributed by atoms with van der Waals surface area (Å²) in [6.45, 7) is 2.99. The van der Waals surface area contributed by atoms with Gasteiger partial charge in [0.2, 0.25) is 0 Å². The van der Waals surface area contributed by atoms with E-state index in [1.54, 1.807) is 6.20 Å². The first-order valence-electron chi connectivity index (χ1n) is 10.7. The number of carbonyl (C=O) groups is 1. The Morgan fingerprint density at radius 2 is 2.03 bits per heavy atom. The topological polar surface area (TPSA) is 87.6 Å². The lowest BCUT2D eigenvalue weighted by atomic mass is 10.0. The number of nitrogens with one attached hydrogen (secondary N) is 1. The molecule has 32 heavy (non-hydrogen) atoms. The number of carbonyl (C=O) groups excluding carboxylic acids is 1. The summed E-state index contributed by atoms with van der Waals surface area (Å²) in [4.78, 5) is 25.6. The van der Waals surface area contributed by atoms with E-state index in [9.17, 15) is 4.79 Å². The molecule has 4 aromatic rings. The maximum absolute atomic E-state index is 12.8. The average molecular weight is 449 g/mol. The first kappa shape index (κ1) is 21.0. The minimum Gasteiger partial charge on any atom is -0.395 e. The van der Waals surface area contributed by atoms with Gasteiger partial charge >= 0.3 is 0 Å². The van der Waals surface area contributed by atoms with Gasteiger partial charge in [-0.1, -0.05) is 24.3 Å².